The molecule has 5 nitrogen and oxygen atoms in total. The van der Waals surface area contributed by atoms with E-state index in [0.29, 0.717) is 6.42 Å². The van der Waals surface area contributed by atoms with Crippen LogP contribution in [0, 0.1) is 0 Å². The first kappa shape index (κ1) is 12.7. The van der Waals surface area contributed by atoms with Crippen LogP contribution in [0.25, 0.3) is 11.0 Å². The van der Waals surface area contributed by atoms with Crippen molar-refractivity contribution >= 4 is 11.0 Å². The molecule has 1 aromatic carbocycles. The highest BCUT2D eigenvalue weighted by molar-refractivity contribution is 5.74. The quantitative estimate of drug-likeness (QED) is 0.786. The molecule has 0 fully saturated rings. The molecule has 0 aliphatic carbocycles. The lowest BCUT2D eigenvalue weighted by Crippen LogP contribution is -2.03. The van der Waals surface area contributed by atoms with Crippen molar-refractivity contribution in [1.82, 2.24) is 19.7 Å². The van der Waals surface area contributed by atoms with Gasteiger partial charge in [0.1, 0.15) is 0 Å². The molecule has 2 aromatic heterocycles. The first-order valence-electron chi connectivity index (χ1n) is 6.59. The van der Waals surface area contributed by atoms with Gasteiger partial charge >= 0.3 is 0 Å². The van der Waals surface area contributed by atoms with Crippen molar-refractivity contribution in [3.8, 4) is 0 Å². The van der Waals surface area contributed by atoms with Gasteiger partial charge in [0.15, 0.2) is 0 Å². The number of hydrogen-bond acceptors (Lipinski definition) is 4. The molecule has 0 saturated heterocycles. The van der Waals surface area contributed by atoms with E-state index in [2.05, 4.69) is 15.1 Å². The lowest BCUT2D eigenvalue weighted by molar-refractivity contribution is 0.167. The molecular weight excluding hydrogens is 252 g/mol. The second kappa shape index (κ2) is 5.38. The van der Waals surface area contributed by atoms with E-state index in [0.717, 1.165) is 28.7 Å². The molecule has 3 rings (SSSR count). The highest BCUT2D eigenvalue weighted by atomic mass is 16.3. The second-order valence-corrected chi connectivity index (χ2v) is 4.81. The van der Waals surface area contributed by atoms with E-state index in [-0.39, 0.29) is 0 Å². The van der Waals surface area contributed by atoms with E-state index in [1.165, 1.54) is 0 Å². The molecule has 1 atom stereocenters. The van der Waals surface area contributed by atoms with Crippen molar-refractivity contribution in [3.05, 3.63) is 54.1 Å². The Labute approximate surface area is 116 Å². The zero-order chi connectivity index (χ0) is 13.9. The monoisotopic (exact) mass is 268 g/mol. The third-order valence-corrected chi connectivity index (χ3v) is 3.47. The molecule has 0 aliphatic heterocycles. The topological polar surface area (TPSA) is 63.8 Å². The molecule has 102 valence electrons. The summed E-state index contributed by atoms with van der Waals surface area (Å²) in [6, 6.07) is 7.67. The summed E-state index contributed by atoms with van der Waals surface area (Å²) in [6.45, 7) is 0. The molecule has 1 unspecified atom stereocenters. The summed E-state index contributed by atoms with van der Waals surface area (Å²) in [6.07, 6.45) is 6.04. The van der Waals surface area contributed by atoms with Gasteiger partial charge in [-0.3, -0.25) is 14.6 Å². The minimum atomic E-state index is -0.503. The number of aliphatic hydroxyl groups excluding tert-OH is 1. The molecule has 0 amide bonds. The van der Waals surface area contributed by atoms with Crippen molar-refractivity contribution in [2.45, 2.75) is 18.9 Å². The van der Waals surface area contributed by atoms with Crippen LogP contribution in [0.1, 0.15) is 23.8 Å². The average molecular weight is 268 g/mol. The largest absolute Gasteiger partial charge is 0.388 e. The van der Waals surface area contributed by atoms with Gasteiger partial charge in [0.25, 0.3) is 0 Å². The van der Waals surface area contributed by atoms with Gasteiger partial charge in [0.2, 0.25) is 0 Å². The summed E-state index contributed by atoms with van der Waals surface area (Å²) in [5.74, 6) is 0. The first-order chi connectivity index (χ1) is 9.74. The number of aromatic nitrogens is 4. The third-order valence-electron chi connectivity index (χ3n) is 3.47. The predicted molar refractivity (Wildman–Crippen MR) is 76.0 cm³/mol. The van der Waals surface area contributed by atoms with Crippen molar-refractivity contribution in [2.75, 3.05) is 0 Å². The van der Waals surface area contributed by atoms with Crippen LogP contribution in [0.15, 0.2) is 42.9 Å². The summed E-state index contributed by atoms with van der Waals surface area (Å²) in [7, 11) is 1.91. The maximum atomic E-state index is 10.3. The molecule has 0 spiro atoms. The summed E-state index contributed by atoms with van der Waals surface area (Å²) in [5, 5.41) is 14.4. The summed E-state index contributed by atoms with van der Waals surface area (Å²) in [5.41, 5.74) is 3.64. The van der Waals surface area contributed by atoms with Gasteiger partial charge in [-0.05, 0) is 36.6 Å². The Kier molecular flexibility index (Phi) is 3.43. The number of aryl methyl sites for hydroxylation is 2. The Bertz CT molecular complexity index is 722. The molecule has 0 saturated carbocycles. The number of hydrogen-bond donors (Lipinski definition) is 1. The maximum Gasteiger partial charge on any atom is 0.0890 e. The van der Waals surface area contributed by atoms with Gasteiger partial charge in [-0.15, -0.1) is 0 Å². The van der Waals surface area contributed by atoms with Gasteiger partial charge in [0.05, 0.1) is 17.1 Å². The highest BCUT2D eigenvalue weighted by Crippen LogP contribution is 2.21. The zero-order valence-corrected chi connectivity index (χ0v) is 11.3. The van der Waals surface area contributed by atoms with Crippen LogP contribution in [0.5, 0.6) is 0 Å². The fourth-order valence-corrected chi connectivity index (χ4v) is 2.29. The first-order valence-corrected chi connectivity index (χ1v) is 6.59. The molecular formula is C15H16N4O. The Balaban J connectivity index is 1.75. The Morgan fingerprint density at radius 1 is 1.10 bits per heavy atom. The Hall–Kier alpha value is -2.27. The van der Waals surface area contributed by atoms with Crippen LogP contribution < -0.4 is 0 Å². The summed E-state index contributed by atoms with van der Waals surface area (Å²) >= 11 is 0. The molecule has 0 radical (unpaired) electrons. The zero-order valence-electron chi connectivity index (χ0n) is 11.3. The van der Waals surface area contributed by atoms with E-state index in [4.69, 9.17) is 0 Å². The smallest absolute Gasteiger partial charge is 0.0890 e. The van der Waals surface area contributed by atoms with E-state index >= 15 is 0 Å². The van der Waals surface area contributed by atoms with Crippen molar-refractivity contribution in [1.29, 1.82) is 0 Å². The number of nitrogens with zero attached hydrogens (tertiary/aromatic N) is 4. The Morgan fingerprint density at radius 3 is 2.65 bits per heavy atom. The van der Waals surface area contributed by atoms with Crippen molar-refractivity contribution in [2.24, 2.45) is 7.05 Å². The maximum absolute atomic E-state index is 10.3. The van der Waals surface area contributed by atoms with Crippen LogP contribution in [0.2, 0.25) is 0 Å². The molecule has 3 aromatic rings. The molecule has 0 aliphatic rings. The van der Waals surface area contributed by atoms with E-state index in [1.807, 2.05) is 36.0 Å². The number of aliphatic hydroxyl groups is 1. The number of benzene rings is 1. The van der Waals surface area contributed by atoms with Crippen molar-refractivity contribution in [3.63, 3.8) is 0 Å². The van der Waals surface area contributed by atoms with Crippen LogP contribution >= 0.6 is 0 Å². The van der Waals surface area contributed by atoms with Crippen LogP contribution in [0.4, 0.5) is 0 Å². The van der Waals surface area contributed by atoms with Gasteiger partial charge in [-0.1, -0.05) is 6.07 Å². The van der Waals surface area contributed by atoms with Crippen molar-refractivity contribution < 1.29 is 5.11 Å². The minimum absolute atomic E-state index is 0.503. The van der Waals surface area contributed by atoms with E-state index in [1.54, 1.807) is 18.6 Å². The highest BCUT2D eigenvalue weighted by Gasteiger charge is 2.10. The molecule has 1 N–H and O–H groups in total. The van der Waals surface area contributed by atoms with Crippen LogP contribution in [-0.4, -0.2) is 24.9 Å². The van der Waals surface area contributed by atoms with E-state index < -0.39 is 6.10 Å². The Morgan fingerprint density at radius 2 is 1.90 bits per heavy atom. The number of rotatable bonds is 4. The predicted octanol–water partition coefficient (Wildman–Crippen LogP) is 2.03. The standard InChI is InChI=1S/C15H16N4O/c1-19-12(6-7-18-19)3-5-15(20)11-2-4-13-14(10-11)17-9-8-16-13/h2,4,6-10,15,20H,3,5H2,1H3. The number of fused-ring (bicyclic) bond motifs is 1. The lowest BCUT2D eigenvalue weighted by Gasteiger charge is -2.11. The fraction of sp³-hybridized carbons (Fsp3) is 0.267. The minimum Gasteiger partial charge on any atom is -0.388 e. The fourth-order valence-electron chi connectivity index (χ4n) is 2.29. The summed E-state index contributed by atoms with van der Waals surface area (Å²) in [4.78, 5) is 8.48. The van der Waals surface area contributed by atoms with Gasteiger partial charge in [-0.25, -0.2) is 0 Å². The van der Waals surface area contributed by atoms with Gasteiger partial charge < -0.3 is 5.11 Å². The third kappa shape index (κ3) is 2.53. The summed E-state index contributed by atoms with van der Waals surface area (Å²) < 4.78 is 1.83. The van der Waals surface area contributed by atoms with E-state index in [9.17, 15) is 5.11 Å². The normalized spacial score (nSPS) is 12.7. The van der Waals surface area contributed by atoms with Gasteiger partial charge in [0, 0.05) is 31.3 Å². The molecule has 2 heterocycles. The molecule has 20 heavy (non-hydrogen) atoms. The average Bonchev–Trinajstić information content (AvgIpc) is 2.89. The molecule has 5 heteroatoms. The lowest BCUT2D eigenvalue weighted by atomic mass is 10.0. The van der Waals surface area contributed by atoms with Crippen LogP contribution in [-0.2, 0) is 13.5 Å². The molecule has 0 bridgehead atoms. The second-order valence-electron chi connectivity index (χ2n) is 4.81. The van der Waals surface area contributed by atoms with Crippen LogP contribution in [0.3, 0.4) is 0 Å². The SMILES string of the molecule is Cn1nccc1CCC(O)c1ccc2nccnc2c1. The van der Waals surface area contributed by atoms with Gasteiger partial charge in [-0.2, -0.15) is 5.10 Å².